The van der Waals surface area contributed by atoms with Gasteiger partial charge in [0, 0.05) is 13.0 Å². The Morgan fingerprint density at radius 2 is 1.51 bits per heavy atom. The molecule has 0 spiro atoms. The van der Waals surface area contributed by atoms with Gasteiger partial charge in [0.1, 0.15) is 11.5 Å². The monoisotopic (exact) mass is 617 g/mol. The van der Waals surface area contributed by atoms with Crippen LogP contribution in [0.2, 0.25) is 0 Å². The number of hydrogen-bond acceptors (Lipinski definition) is 9. The van der Waals surface area contributed by atoms with Crippen LogP contribution in [-0.2, 0) is 36.0 Å². The maximum absolute atomic E-state index is 14.5. The number of benzene rings is 3. The number of carbonyl (C=O) groups is 1. The zero-order valence-electron chi connectivity index (χ0n) is 25.7. The standard InChI is InChI=1S/C35H41N2O8/c1-36-19-25-12-27(16-28(39)13-25)35(21-38,18-23-5-7-30(41)33(15-23)45-3)34(43)17-31(42)26(11-24-8-9-37-20-24)10-22-4-6-29(40)32(14-22)44-2/h4-9,12-16,20,26,31,36,38-42H,10-11,17-19,21H2,1-3H3/q-1. The molecule has 3 unspecified atom stereocenters. The fraction of sp³-hybridized carbons (Fsp3) is 0.343. The Bertz CT molecular complexity index is 1570. The van der Waals surface area contributed by atoms with E-state index in [1.807, 2.05) is 6.07 Å². The molecule has 1 heterocycles. The topological polar surface area (TPSA) is 163 Å². The van der Waals surface area contributed by atoms with Gasteiger partial charge in [-0.05, 0) is 90.9 Å². The van der Waals surface area contributed by atoms with E-state index < -0.39 is 29.8 Å². The van der Waals surface area contributed by atoms with Crippen molar-refractivity contribution in [3.8, 4) is 28.7 Å². The summed E-state index contributed by atoms with van der Waals surface area (Å²) < 4.78 is 10.6. The first-order chi connectivity index (χ1) is 21.6. The summed E-state index contributed by atoms with van der Waals surface area (Å²) in [4.78, 5) is 18.6. The van der Waals surface area contributed by atoms with Gasteiger partial charge in [-0.15, -0.1) is 0 Å². The number of ketones is 1. The molecule has 6 N–H and O–H groups in total. The maximum atomic E-state index is 14.5. The van der Waals surface area contributed by atoms with Crippen LogP contribution >= 0.6 is 0 Å². The van der Waals surface area contributed by atoms with Crippen LogP contribution in [0.1, 0.15) is 34.2 Å². The highest BCUT2D eigenvalue weighted by Gasteiger charge is 2.42. The Labute approximate surface area is 262 Å². The van der Waals surface area contributed by atoms with Crippen molar-refractivity contribution in [2.24, 2.45) is 5.92 Å². The molecule has 0 amide bonds. The Morgan fingerprint density at radius 1 is 0.867 bits per heavy atom. The van der Waals surface area contributed by atoms with E-state index in [9.17, 15) is 30.3 Å². The third-order valence-corrected chi connectivity index (χ3v) is 8.26. The summed E-state index contributed by atoms with van der Waals surface area (Å²) in [7, 11) is 4.64. The summed E-state index contributed by atoms with van der Waals surface area (Å²) in [5.74, 6) is -0.461. The van der Waals surface area contributed by atoms with Crippen LogP contribution in [0, 0.1) is 5.92 Å². The summed E-state index contributed by atoms with van der Waals surface area (Å²) >= 11 is 0. The number of Topliss-reactive ketones (excluding diaryl/α,β-unsaturated/α-hetero) is 1. The van der Waals surface area contributed by atoms with E-state index in [-0.39, 0.29) is 35.8 Å². The molecule has 45 heavy (non-hydrogen) atoms. The number of aliphatic hydroxyl groups excluding tert-OH is 2. The summed E-state index contributed by atoms with van der Waals surface area (Å²) in [5, 5.41) is 56.6. The predicted octanol–water partition coefficient (Wildman–Crippen LogP) is 3.39. The molecule has 0 fully saturated rings. The smallest absolute Gasteiger partial charge is 0.160 e. The molecule has 10 nitrogen and oxygen atoms in total. The molecule has 10 heteroatoms. The highest BCUT2D eigenvalue weighted by atomic mass is 16.5. The summed E-state index contributed by atoms with van der Waals surface area (Å²) in [6, 6.07) is 16.3. The van der Waals surface area contributed by atoms with Crippen LogP contribution < -0.4 is 19.8 Å². The number of nitrogens with one attached hydrogen (secondary N) is 1. The largest absolute Gasteiger partial charge is 0.670 e. The SMILES string of the molecule is CNCc1cc(O)cc(C(CO)(Cc2ccc(O)c(OC)c2)C(=O)CC(O)C(Cc2cc[n-]c2)Cc2ccc(O)c(OC)c2)c1. The maximum Gasteiger partial charge on any atom is 0.160 e. The van der Waals surface area contributed by atoms with Crippen LogP contribution in [0.4, 0.5) is 0 Å². The minimum atomic E-state index is -1.54. The second-order valence-electron chi connectivity index (χ2n) is 11.4. The molecule has 240 valence electrons. The van der Waals surface area contributed by atoms with E-state index in [2.05, 4.69) is 10.3 Å². The molecule has 0 aliphatic rings. The summed E-state index contributed by atoms with van der Waals surface area (Å²) in [6.45, 7) is -0.185. The van der Waals surface area contributed by atoms with Gasteiger partial charge in [-0.25, -0.2) is 0 Å². The number of hydrogen-bond donors (Lipinski definition) is 6. The number of nitrogens with zero attached hydrogens (tertiary/aromatic N) is 1. The number of aromatic hydroxyl groups is 3. The van der Waals surface area contributed by atoms with Crippen molar-refractivity contribution >= 4 is 5.78 Å². The normalized spacial score (nSPS) is 14.0. The average molecular weight is 618 g/mol. The van der Waals surface area contributed by atoms with Crippen LogP contribution in [0.25, 0.3) is 0 Å². The van der Waals surface area contributed by atoms with Gasteiger partial charge in [-0.1, -0.05) is 29.8 Å². The molecular weight excluding hydrogens is 576 g/mol. The van der Waals surface area contributed by atoms with Gasteiger partial charge < -0.3 is 45.3 Å². The third kappa shape index (κ3) is 7.96. The second-order valence-corrected chi connectivity index (χ2v) is 11.4. The lowest BCUT2D eigenvalue weighted by Gasteiger charge is -2.34. The fourth-order valence-corrected chi connectivity index (χ4v) is 5.83. The number of ether oxygens (including phenoxy) is 2. The van der Waals surface area contributed by atoms with Gasteiger partial charge in [-0.3, -0.25) is 4.79 Å². The first-order valence-corrected chi connectivity index (χ1v) is 14.7. The lowest BCUT2D eigenvalue weighted by Crippen LogP contribution is -2.44. The van der Waals surface area contributed by atoms with Gasteiger partial charge >= 0.3 is 0 Å². The lowest BCUT2D eigenvalue weighted by atomic mass is 9.70. The molecule has 3 atom stereocenters. The zero-order valence-corrected chi connectivity index (χ0v) is 25.7. The zero-order chi connectivity index (χ0) is 32.6. The number of phenols is 3. The van der Waals surface area contributed by atoms with Gasteiger partial charge in [-0.2, -0.15) is 12.4 Å². The molecule has 0 aliphatic carbocycles. The Hall–Kier alpha value is -4.51. The van der Waals surface area contributed by atoms with Crippen LogP contribution in [-0.4, -0.2) is 65.3 Å². The molecule has 0 saturated carbocycles. The van der Waals surface area contributed by atoms with Crippen LogP contribution in [0.5, 0.6) is 28.7 Å². The lowest BCUT2D eigenvalue weighted by molar-refractivity contribution is -0.129. The first-order valence-electron chi connectivity index (χ1n) is 14.7. The molecular formula is C35H41N2O8-. The van der Waals surface area contributed by atoms with E-state index >= 15 is 0 Å². The molecule has 4 rings (SSSR count). The first kappa shape index (κ1) is 33.4. The van der Waals surface area contributed by atoms with E-state index in [1.54, 1.807) is 55.8 Å². The summed E-state index contributed by atoms with van der Waals surface area (Å²) in [6.07, 6.45) is 2.78. The number of methoxy groups -OCH3 is 2. The van der Waals surface area contributed by atoms with Crippen LogP contribution in [0.15, 0.2) is 73.1 Å². The Kier molecular flexibility index (Phi) is 11.1. The van der Waals surface area contributed by atoms with E-state index in [1.165, 1.54) is 32.4 Å². The quantitative estimate of drug-likeness (QED) is 0.110. The number of aliphatic hydroxyl groups is 2. The summed E-state index contributed by atoms with van der Waals surface area (Å²) in [5.41, 5.74) is 1.87. The van der Waals surface area contributed by atoms with Crippen molar-refractivity contribution in [3.05, 3.63) is 101 Å². The number of phenolic OH excluding ortho intramolecular Hbond substituents is 3. The van der Waals surface area contributed by atoms with Gasteiger partial charge in [0.25, 0.3) is 0 Å². The second kappa shape index (κ2) is 15.0. The molecule has 0 aliphatic heterocycles. The Balaban J connectivity index is 1.73. The molecule has 3 aromatic carbocycles. The molecule has 0 bridgehead atoms. The van der Waals surface area contributed by atoms with Crippen molar-refractivity contribution in [3.63, 3.8) is 0 Å². The van der Waals surface area contributed by atoms with Crippen LogP contribution in [0.3, 0.4) is 0 Å². The fourth-order valence-electron chi connectivity index (χ4n) is 5.83. The average Bonchev–Trinajstić information content (AvgIpc) is 3.54. The van der Waals surface area contributed by atoms with Crippen molar-refractivity contribution in [1.29, 1.82) is 0 Å². The molecule has 0 saturated heterocycles. The minimum Gasteiger partial charge on any atom is -0.670 e. The van der Waals surface area contributed by atoms with Crippen molar-refractivity contribution in [2.75, 3.05) is 27.9 Å². The van der Waals surface area contributed by atoms with Crippen molar-refractivity contribution < 1.29 is 39.8 Å². The minimum absolute atomic E-state index is 0.00360. The van der Waals surface area contributed by atoms with Gasteiger partial charge in [0.15, 0.2) is 23.0 Å². The van der Waals surface area contributed by atoms with E-state index in [0.717, 1.165) is 11.1 Å². The van der Waals surface area contributed by atoms with Crippen molar-refractivity contribution in [1.82, 2.24) is 10.3 Å². The van der Waals surface area contributed by atoms with Crippen molar-refractivity contribution in [2.45, 2.75) is 43.7 Å². The highest BCUT2D eigenvalue weighted by molar-refractivity contribution is 5.91. The Morgan fingerprint density at radius 3 is 2.11 bits per heavy atom. The number of carbonyl (C=O) groups excluding carboxylic acids is 1. The van der Waals surface area contributed by atoms with E-state index in [0.29, 0.717) is 41.8 Å². The molecule has 1 aromatic heterocycles. The van der Waals surface area contributed by atoms with Gasteiger partial charge in [0.05, 0.1) is 32.3 Å². The molecule has 0 radical (unpaired) electrons. The third-order valence-electron chi connectivity index (χ3n) is 8.26. The molecule has 4 aromatic rings. The number of aromatic nitrogens is 1. The van der Waals surface area contributed by atoms with E-state index in [4.69, 9.17) is 9.47 Å². The number of rotatable bonds is 16. The highest BCUT2D eigenvalue weighted by Crippen LogP contribution is 2.37. The predicted molar refractivity (Wildman–Crippen MR) is 169 cm³/mol. The van der Waals surface area contributed by atoms with Gasteiger partial charge in [0.2, 0.25) is 0 Å².